The number of carbonyl (C=O) groups excluding carboxylic acids is 6. The van der Waals surface area contributed by atoms with Gasteiger partial charge in [0.2, 0.25) is 23.6 Å². The molecule has 2 aromatic rings. The summed E-state index contributed by atoms with van der Waals surface area (Å²) in [5, 5.41) is 30.3. The molecule has 20 nitrogen and oxygen atoms in total. The monoisotopic (exact) mass is 1090 g/mol. The number of carbonyl (C=O) groups is 7. The van der Waals surface area contributed by atoms with Crippen molar-refractivity contribution in [3.63, 3.8) is 0 Å². The molecule has 72 heavy (non-hydrogen) atoms. The van der Waals surface area contributed by atoms with Gasteiger partial charge in [-0.2, -0.15) is 0 Å². The number of Topliss-reactive ketones (excluding diaryl/α,β-unsaturated/α-hetero) is 1. The van der Waals surface area contributed by atoms with Crippen LogP contribution in [0.1, 0.15) is 74.5 Å². The highest BCUT2D eigenvalue weighted by atomic mass is 79.9. The Hall–Kier alpha value is -5.10. The zero-order valence-electron chi connectivity index (χ0n) is 39.1. The van der Waals surface area contributed by atoms with Crippen molar-refractivity contribution in [3.05, 3.63) is 94.6 Å². The van der Waals surface area contributed by atoms with Crippen LogP contribution in [0.5, 0.6) is 0 Å². The topological polar surface area (TPSA) is 303 Å². The van der Waals surface area contributed by atoms with E-state index in [0.29, 0.717) is 12.0 Å². The van der Waals surface area contributed by atoms with Crippen LogP contribution in [0.3, 0.4) is 0 Å². The van der Waals surface area contributed by atoms with Gasteiger partial charge in [-0.3, -0.25) is 38.1 Å². The molecule has 1 saturated heterocycles. The number of amides is 4. The number of nitrogens with one attached hydrogen (secondary N) is 4. The van der Waals surface area contributed by atoms with Crippen molar-refractivity contribution in [3.8, 4) is 0 Å². The number of aliphatic hydroxyl groups is 1. The summed E-state index contributed by atoms with van der Waals surface area (Å²) < 4.78 is 69.0. The van der Waals surface area contributed by atoms with Gasteiger partial charge in [0.1, 0.15) is 25.6 Å². The van der Waals surface area contributed by atoms with Gasteiger partial charge in [-0.1, -0.05) is 77.5 Å². The first-order chi connectivity index (χ1) is 33.9. The lowest BCUT2D eigenvalue weighted by Crippen LogP contribution is -2.70. The second kappa shape index (κ2) is 21.8. The highest BCUT2D eigenvalue weighted by Gasteiger charge is 2.80. The maximum Gasteiger partial charge on any atom is 0.470 e. The Morgan fingerprint density at radius 1 is 0.917 bits per heavy atom. The number of rotatable bonds is 21. The van der Waals surface area contributed by atoms with Crippen molar-refractivity contribution in [2.75, 3.05) is 31.8 Å². The number of ether oxygens (including phenoxy) is 3. The molecule has 0 spiro atoms. The van der Waals surface area contributed by atoms with Crippen LogP contribution in [-0.2, 0) is 69.9 Å². The Labute approximate surface area is 420 Å². The van der Waals surface area contributed by atoms with Crippen LogP contribution in [0.25, 0.3) is 0 Å². The summed E-state index contributed by atoms with van der Waals surface area (Å²) in [6.07, 6.45) is -3.23. The molecule has 0 unspecified atom stereocenters. The fourth-order valence-corrected chi connectivity index (χ4v) is 11.8. The van der Waals surface area contributed by atoms with Gasteiger partial charge in [0, 0.05) is 28.7 Å². The van der Waals surface area contributed by atoms with E-state index in [-0.39, 0.29) is 43.5 Å². The highest BCUT2D eigenvalue weighted by molar-refractivity contribution is 9.09. The lowest BCUT2D eigenvalue weighted by molar-refractivity contribution is -0.235. The number of alkyl halides is 3. The fraction of sp³-hybridized carbons (Fsp3) is 0.521. The summed E-state index contributed by atoms with van der Waals surface area (Å²) >= 11 is 2.94. The van der Waals surface area contributed by atoms with Gasteiger partial charge < -0.3 is 55.5 Å². The summed E-state index contributed by atoms with van der Waals surface area (Å²) in [4.78, 5) is 105. The molecule has 7 rings (SSSR count). The number of phosphoric ester groups is 1. The number of phosphoric acid groups is 1. The molecule has 3 saturated carbocycles. The van der Waals surface area contributed by atoms with Crippen molar-refractivity contribution in [2.45, 2.75) is 101 Å². The molecular formula is C48H56BrF2N4O16P. The van der Waals surface area contributed by atoms with Crippen LogP contribution in [0, 0.1) is 22.7 Å². The third kappa shape index (κ3) is 11.0. The van der Waals surface area contributed by atoms with Crippen LogP contribution < -0.4 is 21.3 Å². The summed E-state index contributed by atoms with van der Waals surface area (Å²) in [5.41, 5.74) is -4.56. The summed E-state index contributed by atoms with van der Waals surface area (Å²) in [6, 6.07) is 13.3. The number of aliphatic carboxylic acids is 1. The van der Waals surface area contributed by atoms with Gasteiger partial charge in [0.05, 0.1) is 37.2 Å². The second-order valence-corrected chi connectivity index (χ2v) is 20.9. The summed E-state index contributed by atoms with van der Waals surface area (Å²) in [6.45, 7) is 0.980. The Bertz CT molecular complexity index is 2570. The number of aliphatic hydroxyl groups excluding tert-OH is 1. The van der Waals surface area contributed by atoms with Gasteiger partial charge in [-0.25, -0.2) is 13.3 Å². The smallest absolute Gasteiger partial charge is 0.470 e. The largest absolute Gasteiger partial charge is 0.481 e. The van der Waals surface area contributed by atoms with Crippen LogP contribution >= 0.6 is 23.8 Å². The van der Waals surface area contributed by atoms with E-state index in [0.717, 1.165) is 28.8 Å². The maximum atomic E-state index is 17.9. The van der Waals surface area contributed by atoms with Gasteiger partial charge in [0.25, 0.3) is 0 Å². The normalized spacial score (nSPS) is 30.7. The van der Waals surface area contributed by atoms with Gasteiger partial charge in [-0.05, 0) is 79.4 Å². The van der Waals surface area contributed by atoms with Crippen molar-refractivity contribution in [2.24, 2.45) is 22.7 Å². The average molecular weight is 1090 g/mol. The fourth-order valence-electron chi connectivity index (χ4n) is 11.3. The number of fused-ring (bicyclic) bond motifs is 7. The summed E-state index contributed by atoms with van der Waals surface area (Å²) in [7, 11) is -5.16. The lowest BCUT2D eigenvalue weighted by Gasteiger charge is -2.63. The molecule has 2 aromatic carbocycles. The van der Waals surface area contributed by atoms with E-state index in [9.17, 15) is 53.0 Å². The van der Waals surface area contributed by atoms with Crippen LogP contribution in [-0.4, -0.2) is 129 Å². The number of carboxylic acids is 1. The van der Waals surface area contributed by atoms with E-state index >= 15 is 8.78 Å². The van der Waals surface area contributed by atoms with Gasteiger partial charge >= 0.3 is 13.8 Å². The zero-order chi connectivity index (χ0) is 52.4. The van der Waals surface area contributed by atoms with Gasteiger partial charge in [-0.15, -0.1) is 0 Å². The highest BCUT2D eigenvalue weighted by Crippen LogP contribution is 2.72. The number of halogens is 3. The quantitative estimate of drug-likeness (QED) is 0.0386. The SMILES string of the molecule is C[C@]12C=CC(=O)C=C1[C@@H](F)C[C@H]1[C@@H]3C[C@H]4O[C@@H](c5ccc(Cc6ccc(COCNC(=O)CNC(=O)[C@H](CCC(=O)O)NC(=O)CNC(=O)CBr)cc6)cc5)O[C@@]4(C(=O)COP(=O)(O)O)[C@@]3(C)C[C@H](O)[C@@]12F. The predicted molar refractivity (Wildman–Crippen MR) is 251 cm³/mol. The standard InChI is InChI=1S/C48H56BrF2N4O16P/c1-45-14-13-30(56)16-33(45)34(50)17-32-31-18-38-48(37(58)24-69-72(65,66)67,46(31,2)19-36(57)47(32,45)51)71-44(70-38)29-9-7-27(8-10-29)15-26-3-5-28(6-4-26)23-68-25-54-40(60)21-53-43(64)35(11-12-42(62)63)55-41(61)22-52-39(59)20-49/h3-10,13-14,16,31-32,34-36,38,44,57H,11-12,15,17-25H2,1-2H3,(H,52,59)(H,53,64)(H,54,60)(H,55,61)(H,62,63)(H2,65,66,67)/t31-,32-,34-,35-,36-,38+,44+,45-,46-,47-,48+/m0/s1. The molecule has 24 heteroatoms. The molecule has 0 radical (unpaired) electrons. The Balaban J connectivity index is 0.934. The van der Waals surface area contributed by atoms with E-state index in [4.69, 9.17) is 19.3 Å². The Kier molecular flexibility index (Phi) is 16.5. The lowest BCUT2D eigenvalue weighted by atomic mass is 9.44. The van der Waals surface area contributed by atoms with E-state index in [1.807, 2.05) is 36.4 Å². The van der Waals surface area contributed by atoms with Crippen LogP contribution in [0.4, 0.5) is 8.78 Å². The number of ketones is 2. The van der Waals surface area contributed by atoms with E-state index in [1.54, 1.807) is 19.1 Å². The third-order valence-corrected chi connectivity index (χ3v) is 15.7. The van der Waals surface area contributed by atoms with Crippen molar-refractivity contribution < 1.29 is 85.6 Å². The molecule has 1 aliphatic heterocycles. The number of allylic oxidation sites excluding steroid dienone is 4. The van der Waals surface area contributed by atoms with E-state index in [1.165, 1.54) is 13.0 Å². The number of hydrogen-bond acceptors (Lipinski definition) is 13. The second-order valence-electron chi connectivity index (χ2n) is 19.1. The predicted octanol–water partition coefficient (Wildman–Crippen LogP) is 2.60. The Morgan fingerprint density at radius 2 is 1.57 bits per heavy atom. The Morgan fingerprint density at radius 3 is 2.22 bits per heavy atom. The molecule has 11 atom stereocenters. The minimum atomic E-state index is -5.16. The van der Waals surface area contributed by atoms with Crippen LogP contribution in [0.15, 0.2) is 72.3 Å². The molecule has 8 N–H and O–H groups in total. The van der Waals surface area contributed by atoms with E-state index < -0.39 is 146 Å². The maximum absolute atomic E-state index is 17.9. The molecule has 4 fully saturated rings. The zero-order valence-corrected chi connectivity index (χ0v) is 41.6. The molecule has 4 aliphatic carbocycles. The molecule has 390 valence electrons. The molecular weight excluding hydrogens is 1040 g/mol. The number of benzene rings is 2. The van der Waals surface area contributed by atoms with Crippen molar-refractivity contribution in [1.29, 1.82) is 0 Å². The molecule has 0 aromatic heterocycles. The molecule has 5 aliphatic rings. The molecule has 0 bridgehead atoms. The van der Waals surface area contributed by atoms with Crippen molar-refractivity contribution >= 4 is 64.9 Å². The van der Waals surface area contributed by atoms with Crippen molar-refractivity contribution in [1.82, 2.24) is 21.3 Å². The molecule has 4 amide bonds. The first kappa shape index (κ1) is 54.7. The third-order valence-electron chi connectivity index (χ3n) is 14.8. The van der Waals surface area contributed by atoms with Crippen LogP contribution in [0.2, 0.25) is 0 Å². The summed E-state index contributed by atoms with van der Waals surface area (Å²) in [5.74, 6) is -7.18. The first-order valence-electron chi connectivity index (χ1n) is 23.1. The molecule has 1 heterocycles. The first-order valence-corrected chi connectivity index (χ1v) is 25.7. The average Bonchev–Trinajstić information content (AvgIpc) is 3.84. The number of carboxylic acid groups (broad SMARTS) is 1. The minimum Gasteiger partial charge on any atom is -0.481 e. The van der Waals surface area contributed by atoms with Gasteiger partial charge in [0.15, 0.2) is 29.1 Å². The number of hydrogen-bond donors (Lipinski definition) is 8. The minimum absolute atomic E-state index is 0.0125. The van der Waals surface area contributed by atoms with E-state index in [2.05, 4.69) is 41.7 Å².